The lowest BCUT2D eigenvalue weighted by atomic mass is 9.89. The highest BCUT2D eigenvalue weighted by Gasteiger charge is 2.33. The van der Waals surface area contributed by atoms with Gasteiger partial charge in [-0.3, -0.25) is 4.79 Å². The number of carbonyl (C=O) groups is 2. The van der Waals surface area contributed by atoms with Crippen LogP contribution in [0, 0.1) is 0 Å². The molecule has 8 heteroatoms. The van der Waals surface area contributed by atoms with Gasteiger partial charge in [-0.15, -0.1) is 0 Å². The molecule has 1 heterocycles. The Balaban J connectivity index is 1.91. The van der Waals surface area contributed by atoms with Crippen LogP contribution in [0.3, 0.4) is 0 Å². The molecule has 188 valence electrons. The number of nitrogens with one attached hydrogen (secondary N) is 2. The van der Waals surface area contributed by atoms with E-state index >= 15 is 0 Å². The Morgan fingerprint density at radius 2 is 1.80 bits per heavy atom. The fourth-order valence-corrected chi connectivity index (χ4v) is 4.29. The largest absolute Gasteiger partial charge is 0.493 e. The molecule has 0 saturated heterocycles. The molecule has 2 aromatic carbocycles. The maximum Gasteiger partial charge on any atom is 0.328 e. The number of rotatable bonds is 12. The van der Waals surface area contributed by atoms with Crippen LogP contribution >= 0.6 is 0 Å². The molecule has 1 amide bonds. The van der Waals surface area contributed by atoms with Gasteiger partial charge in [0.05, 0.1) is 33.4 Å². The lowest BCUT2D eigenvalue weighted by Crippen LogP contribution is -2.47. The van der Waals surface area contributed by atoms with Crippen LogP contribution in [0.15, 0.2) is 48.7 Å². The highest BCUT2D eigenvalue weighted by Crippen LogP contribution is 2.33. The van der Waals surface area contributed by atoms with Gasteiger partial charge in [0, 0.05) is 23.5 Å². The third-order valence-corrected chi connectivity index (χ3v) is 6.19. The molecule has 0 aliphatic heterocycles. The molecule has 1 aromatic heterocycles. The van der Waals surface area contributed by atoms with E-state index in [0.29, 0.717) is 23.5 Å². The number of H-pyrrole nitrogens is 1. The van der Waals surface area contributed by atoms with E-state index in [0.717, 1.165) is 29.3 Å². The van der Waals surface area contributed by atoms with Gasteiger partial charge in [-0.2, -0.15) is 0 Å². The monoisotopic (exact) mass is 482 g/mol. The second-order valence-corrected chi connectivity index (χ2v) is 8.45. The average molecular weight is 483 g/mol. The van der Waals surface area contributed by atoms with Gasteiger partial charge in [0.2, 0.25) is 5.91 Å². The van der Waals surface area contributed by atoms with E-state index in [4.69, 9.17) is 14.2 Å². The van der Waals surface area contributed by atoms with Gasteiger partial charge in [-0.1, -0.05) is 44.0 Å². The number of unbranched alkanes of at least 4 members (excludes halogenated alkanes) is 1. The van der Waals surface area contributed by atoms with Crippen molar-refractivity contribution in [2.24, 2.45) is 0 Å². The molecular formula is C27H34N2O6. The minimum absolute atomic E-state index is 0.242. The number of aromatic amines is 1. The summed E-state index contributed by atoms with van der Waals surface area (Å²) in [6.45, 7) is 2.02. The molecule has 0 saturated carbocycles. The highest BCUT2D eigenvalue weighted by molar-refractivity contribution is 5.90. The van der Waals surface area contributed by atoms with Crippen molar-refractivity contribution in [2.75, 3.05) is 21.3 Å². The van der Waals surface area contributed by atoms with Crippen LogP contribution in [0.4, 0.5) is 0 Å². The summed E-state index contributed by atoms with van der Waals surface area (Å²) >= 11 is 0. The Morgan fingerprint density at radius 1 is 1.06 bits per heavy atom. The number of aromatic nitrogens is 1. The molecular weight excluding hydrogens is 448 g/mol. The van der Waals surface area contributed by atoms with Crippen molar-refractivity contribution >= 4 is 22.8 Å². The number of fused-ring (bicyclic) bond motifs is 1. The third kappa shape index (κ3) is 6.14. The number of esters is 1. The number of aliphatic hydroxyl groups excluding tert-OH is 1. The minimum Gasteiger partial charge on any atom is -0.493 e. The minimum atomic E-state index is -0.945. The number of carbonyl (C=O) groups excluding carboxylic acids is 2. The maximum atomic E-state index is 13.6. The van der Waals surface area contributed by atoms with Gasteiger partial charge in [0.15, 0.2) is 11.5 Å². The summed E-state index contributed by atoms with van der Waals surface area (Å²) in [5, 5.41) is 14.8. The van der Waals surface area contributed by atoms with Crippen LogP contribution in [0.5, 0.6) is 11.5 Å². The standard InChI is InChI=1S/C27H34N2O6/c1-5-6-11-22(30)25(17-12-13-23(33-2)24(15-17)34-3)26(31)29-21(27(32)35-4)14-18-16-28-20-10-8-7-9-19(18)20/h7-10,12-13,15-16,21-22,25,28,30H,5-6,11,14H2,1-4H3,(H,29,31)/t21-,22?,25?/m0/s1. The maximum absolute atomic E-state index is 13.6. The first-order valence-corrected chi connectivity index (χ1v) is 11.8. The number of aliphatic hydroxyl groups is 1. The Bertz CT molecular complexity index is 1140. The van der Waals surface area contributed by atoms with E-state index in [1.807, 2.05) is 37.4 Å². The summed E-state index contributed by atoms with van der Waals surface area (Å²) in [7, 11) is 4.33. The number of benzene rings is 2. The number of amides is 1. The SMILES string of the molecule is CCCCC(O)C(C(=O)N[C@@H](Cc1c[nH]c2ccccc12)C(=O)OC)c1ccc(OC)c(OC)c1. The summed E-state index contributed by atoms with van der Waals surface area (Å²) < 4.78 is 15.7. The molecule has 8 nitrogen and oxygen atoms in total. The van der Waals surface area contributed by atoms with E-state index in [2.05, 4.69) is 10.3 Å². The molecule has 35 heavy (non-hydrogen) atoms. The van der Waals surface area contributed by atoms with E-state index in [1.54, 1.807) is 18.2 Å². The van der Waals surface area contributed by atoms with Crippen molar-refractivity contribution in [1.29, 1.82) is 0 Å². The smallest absolute Gasteiger partial charge is 0.328 e. The second-order valence-electron chi connectivity index (χ2n) is 8.45. The van der Waals surface area contributed by atoms with Crippen molar-refractivity contribution in [1.82, 2.24) is 10.3 Å². The zero-order valence-corrected chi connectivity index (χ0v) is 20.7. The molecule has 0 fully saturated rings. The lowest BCUT2D eigenvalue weighted by molar-refractivity contribution is -0.145. The van der Waals surface area contributed by atoms with Crippen LogP contribution in [0.1, 0.15) is 43.2 Å². The first kappa shape index (κ1) is 26.1. The molecule has 0 aliphatic carbocycles. The predicted octanol–water partition coefficient (Wildman–Crippen LogP) is 3.72. The first-order valence-electron chi connectivity index (χ1n) is 11.8. The van der Waals surface area contributed by atoms with Crippen LogP contribution in [-0.2, 0) is 20.7 Å². The topological polar surface area (TPSA) is 110 Å². The van der Waals surface area contributed by atoms with Crippen LogP contribution in [0.2, 0.25) is 0 Å². The Morgan fingerprint density at radius 3 is 2.49 bits per heavy atom. The number of ether oxygens (including phenoxy) is 3. The van der Waals surface area contributed by atoms with E-state index in [9.17, 15) is 14.7 Å². The third-order valence-electron chi connectivity index (χ3n) is 6.19. The first-order chi connectivity index (χ1) is 16.9. The molecule has 2 unspecified atom stereocenters. The highest BCUT2D eigenvalue weighted by atomic mass is 16.5. The van der Waals surface area contributed by atoms with Gasteiger partial charge >= 0.3 is 5.97 Å². The summed E-state index contributed by atoms with van der Waals surface area (Å²) in [4.78, 5) is 29.4. The van der Waals surface area contributed by atoms with Gasteiger partial charge in [0.1, 0.15) is 6.04 Å². The Labute approximate surface area is 205 Å². The molecule has 3 atom stereocenters. The van der Waals surface area contributed by atoms with Crippen molar-refractivity contribution < 1.29 is 28.9 Å². The molecule has 0 bridgehead atoms. The summed E-state index contributed by atoms with van der Waals surface area (Å²) in [6.07, 6.45) is 3.20. The van der Waals surface area contributed by atoms with Crippen LogP contribution in [-0.4, -0.2) is 55.4 Å². The zero-order valence-electron chi connectivity index (χ0n) is 20.7. The van der Waals surface area contributed by atoms with Crippen LogP contribution < -0.4 is 14.8 Å². The predicted molar refractivity (Wildman–Crippen MR) is 134 cm³/mol. The Kier molecular flexibility index (Phi) is 9.14. The fraction of sp³-hybridized carbons (Fsp3) is 0.407. The van der Waals surface area contributed by atoms with E-state index < -0.39 is 29.9 Å². The zero-order chi connectivity index (χ0) is 25.4. The molecule has 3 rings (SSSR count). The van der Waals surface area contributed by atoms with E-state index in [-0.39, 0.29) is 6.42 Å². The number of hydrogen-bond donors (Lipinski definition) is 3. The summed E-state index contributed by atoms with van der Waals surface area (Å²) in [6, 6.07) is 11.9. The fourth-order valence-electron chi connectivity index (χ4n) is 4.29. The van der Waals surface area contributed by atoms with Crippen molar-refractivity contribution in [3.8, 4) is 11.5 Å². The van der Waals surface area contributed by atoms with Crippen LogP contribution in [0.25, 0.3) is 10.9 Å². The summed E-state index contributed by atoms with van der Waals surface area (Å²) in [5.41, 5.74) is 2.39. The van der Waals surface area contributed by atoms with Crippen molar-refractivity contribution in [2.45, 2.75) is 50.7 Å². The van der Waals surface area contributed by atoms with Gasteiger partial charge in [-0.25, -0.2) is 4.79 Å². The molecule has 3 N–H and O–H groups in total. The average Bonchev–Trinajstić information content (AvgIpc) is 3.29. The quantitative estimate of drug-likeness (QED) is 0.340. The van der Waals surface area contributed by atoms with E-state index in [1.165, 1.54) is 21.3 Å². The second kappa shape index (κ2) is 12.3. The lowest BCUT2D eigenvalue weighted by Gasteiger charge is -2.26. The molecule has 0 aliphatic rings. The van der Waals surface area contributed by atoms with Crippen molar-refractivity contribution in [3.05, 3.63) is 59.8 Å². The summed E-state index contributed by atoms with van der Waals surface area (Å²) in [5.74, 6) is -0.954. The Hall–Kier alpha value is -3.52. The molecule has 3 aromatic rings. The van der Waals surface area contributed by atoms with Gasteiger partial charge in [-0.05, 0) is 35.7 Å². The normalized spacial score (nSPS) is 13.6. The van der Waals surface area contributed by atoms with Crippen molar-refractivity contribution in [3.63, 3.8) is 0 Å². The number of para-hydroxylation sites is 1. The molecule has 0 radical (unpaired) electrons. The van der Waals surface area contributed by atoms with Gasteiger partial charge < -0.3 is 29.6 Å². The number of hydrogen-bond acceptors (Lipinski definition) is 6. The number of methoxy groups -OCH3 is 3. The van der Waals surface area contributed by atoms with Gasteiger partial charge in [0.25, 0.3) is 0 Å². The molecule has 0 spiro atoms.